The number of benzene rings is 1. The van der Waals surface area contributed by atoms with Gasteiger partial charge in [0.25, 0.3) is 0 Å². The van der Waals surface area contributed by atoms with E-state index in [1.54, 1.807) is 0 Å². The zero-order valence-electron chi connectivity index (χ0n) is 14.4. The molecule has 0 fully saturated rings. The van der Waals surface area contributed by atoms with E-state index >= 15 is 0 Å². The first kappa shape index (κ1) is 19.5. The predicted molar refractivity (Wildman–Crippen MR) is 102 cm³/mol. The van der Waals surface area contributed by atoms with Crippen molar-refractivity contribution in [2.24, 2.45) is 11.1 Å². The van der Waals surface area contributed by atoms with Crippen LogP contribution in [-0.4, -0.2) is 30.1 Å². The number of carbonyl (C=O) groups excluding carboxylic acids is 1. The average Bonchev–Trinajstić information content (AvgIpc) is 3.01. The molecule has 1 amide bonds. The Morgan fingerprint density at radius 1 is 1.28 bits per heavy atom. The molecule has 3 N–H and O–H groups in total. The zero-order valence-corrected chi connectivity index (χ0v) is 16.0. The highest BCUT2D eigenvalue weighted by molar-refractivity contribution is 7.14. The summed E-state index contributed by atoms with van der Waals surface area (Å²) in [5.41, 5.74) is 7.35. The molecule has 0 unspecified atom stereocenters. The van der Waals surface area contributed by atoms with E-state index in [0.29, 0.717) is 24.1 Å². The number of hydrogen-bond acceptors (Lipinski definition) is 6. The van der Waals surface area contributed by atoms with E-state index in [1.165, 1.54) is 11.3 Å². The summed E-state index contributed by atoms with van der Waals surface area (Å²) in [6.45, 7) is 6.89. The van der Waals surface area contributed by atoms with Gasteiger partial charge in [-0.1, -0.05) is 20.8 Å². The van der Waals surface area contributed by atoms with Gasteiger partial charge in [0.2, 0.25) is 5.91 Å². The third-order valence-electron chi connectivity index (χ3n) is 3.79. The molecule has 1 atom stereocenters. The summed E-state index contributed by atoms with van der Waals surface area (Å²) in [6.07, 6.45) is 0. The van der Waals surface area contributed by atoms with Crippen LogP contribution in [0.4, 0.5) is 5.13 Å². The van der Waals surface area contributed by atoms with Crippen LogP contribution in [0.5, 0.6) is 11.5 Å². The molecule has 1 aromatic carbocycles. The standard InChI is InChI=1S/C17H21N3O3S.ClH/c1-17(2,3)14(18)15(21)20-16-19-11(9-24-16)10-4-5-12-13(8-10)23-7-6-22-12;/h4-5,8-9,14H,6-7,18H2,1-3H3,(H,19,20,21);1H/t14-;/m1./s1. The van der Waals surface area contributed by atoms with E-state index in [1.807, 2.05) is 44.4 Å². The van der Waals surface area contributed by atoms with Gasteiger partial charge in [0.15, 0.2) is 16.6 Å². The van der Waals surface area contributed by atoms with Gasteiger partial charge in [-0.15, -0.1) is 23.7 Å². The fraction of sp³-hybridized carbons (Fsp3) is 0.412. The fourth-order valence-electron chi connectivity index (χ4n) is 2.24. The van der Waals surface area contributed by atoms with Crippen molar-refractivity contribution in [2.75, 3.05) is 18.5 Å². The summed E-state index contributed by atoms with van der Waals surface area (Å²) in [4.78, 5) is 16.7. The molecule has 6 nitrogen and oxygen atoms in total. The lowest BCUT2D eigenvalue weighted by molar-refractivity contribution is -0.119. The first-order chi connectivity index (χ1) is 11.3. The summed E-state index contributed by atoms with van der Waals surface area (Å²) in [7, 11) is 0. The van der Waals surface area contributed by atoms with Crippen molar-refractivity contribution < 1.29 is 14.3 Å². The van der Waals surface area contributed by atoms with Crippen molar-refractivity contribution in [3.05, 3.63) is 23.6 Å². The second kappa shape index (κ2) is 7.59. The van der Waals surface area contributed by atoms with Crippen LogP contribution in [0.15, 0.2) is 23.6 Å². The Balaban J connectivity index is 0.00000225. The normalized spacial score (nSPS) is 14.4. The van der Waals surface area contributed by atoms with E-state index in [9.17, 15) is 4.79 Å². The Morgan fingerprint density at radius 3 is 2.64 bits per heavy atom. The molecule has 0 radical (unpaired) electrons. The third kappa shape index (κ3) is 4.42. The van der Waals surface area contributed by atoms with Crippen molar-refractivity contribution in [3.8, 4) is 22.8 Å². The smallest absolute Gasteiger partial charge is 0.243 e. The van der Waals surface area contributed by atoms with Crippen molar-refractivity contribution in [2.45, 2.75) is 26.8 Å². The molecule has 25 heavy (non-hydrogen) atoms. The average molecular weight is 384 g/mol. The van der Waals surface area contributed by atoms with Crippen LogP contribution in [0, 0.1) is 5.41 Å². The van der Waals surface area contributed by atoms with E-state index in [0.717, 1.165) is 17.0 Å². The maximum Gasteiger partial charge on any atom is 0.243 e. The van der Waals surface area contributed by atoms with Crippen molar-refractivity contribution in [1.29, 1.82) is 0 Å². The van der Waals surface area contributed by atoms with Gasteiger partial charge in [-0.05, 0) is 23.6 Å². The van der Waals surface area contributed by atoms with Crippen LogP contribution in [0.25, 0.3) is 11.3 Å². The predicted octanol–water partition coefficient (Wildman–Crippen LogP) is 3.32. The number of thiazole rings is 1. The molecule has 8 heteroatoms. The van der Waals surface area contributed by atoms with Crippen molar-refractivity contribution in [1.82, 2.24) is 4.98 Å². The minimum Gasteiger partial charge on any atom is -0.486 e. The first-order valence-corrected chi connectivity index (χ1v) is 8.64. The molecule has 2 aromatic rings. The van der Waals surface area contributed by atoms with Gasteiger partial charge >= 0.3 is 0 Å². The van der Waals surface area contributed by atoms with Gasteiger partial charge in [0, 0.05) is 10.9 Å². The number of ether oxygens (including phenoxy) is 2. The minimum atomic E-state index is -0.598. The maximum atomic E-state index is 12.2. The lowest BCUT2D eigenvalue weighted by Gasteiger charge is -2.25. The molecule has 2 heterocycles. The van der Waals surface area contributed by atoms with E-state index in [-0.39, 0.29) is 23.7 Å². The Morgan fingerprint density at radius 2 is 1.96 bits per heavy atom. The quantitative estimate of drug-likeness (QED) is 0.849. The number of hydrogen-bond donors (Lipinski definition) is 2. The summed E-state index contributed by atoms with van der Waals surface area (Å²) < 4.78 is 11.1. The van der Waals surface area contributed by atoms with Crippen LogP contribution < -0.4 is 20.5 Å². The number of nitrogens with one attached hydrogen (secondary N) is 1. The molecule has 0 bridgehead atoms. The maximum absolute atomic E-state index is 12.2. The van der Waals surface area contributed by atoms with Crippen molar-refractivity contribution >= 4 is 34.8 Å². The van der Waals surface area contributed by atoms with Gasteiger partial charge in [-0.2, -0.15) is 0 Å². The Bertz CT molecular complexity index is 758. The van der Waals surface area contributed by atoms with E-state index in [4.69, 9.17) is 15.2 Å². The molecule has 3 rings (SSSR count). The van der Waals surface area contributed by atoms with E-state index in [2.05, 4.69) is 10.3 Å². The molecule has 136 valence electrons. The van der Waals surface area contributed by atoms with Crippen LogP contribution in [0.1, 0.15) is 20.8 Å². The molecule has 1 aromatic heterocycles. The van der Waals surface area contributed by atoms with E-state index < -0.39 is 6.04 Å². The topological polar surface area (TPSA) is 86.5 Å². The van der Waals surface area contributed by atoms with Crippen LogP contribution >= 0.6 is 23.7 Å². The van der Waals surface area contributed by atoms with Gasteiger partial charge in [-0.25, -0.2) is 4.98 Å². The van der Waals surface area contributed by atoms with Crippen molar-refractivity contribution in [3.63, 3.8) is 0 Å². The Kier molecular flexibility index (Phi) is 5.92. The summed E-state index contributed by atoms with van der Waals surface area (Å²) >= 11 is 1.37. The number of anilines is 1. The summed E-state index contributed by atoms with van der Waals surface area (Å²) in [5, 5.41) is 5.21. The number of carbonyl (C=O) groups is 1. The van der Waals surface area contributed by atoms with Gasteiger partial charge in [0.05, 0.1) is 11.7 Å². The summed E-state index contributed by atoms with van der Waals surface area (Å²) in [6, 6.07) is 5.10. The number of nitrogens with zero attached hydrogens (tertiary/aromatic N) is 1. The number of fused-ring (bicyclic) bond motifs is 1. The largest absolute Gasteiger partial charge is 0.486 e. The highest BCUT2D eigenvalue weighted by atomic mass is 35.5. The highest BCUT2D eigenvalue weighted by Gasteiger charge is 2.28. The molecule has 0 aliphatic carbocycles. The zero-order chi connectivity index (χ0) is 17.3. The van der Waals surface area contributed by atoms with Crippen LogP contribution in [-0.2, 0) is 4.79 Å². The number of aromatic nitrogens is 1. The number of halogens is 1. The minimum absolute atomic E-state index is 0. The lowest BCUT2D eigenvalue weighted by Crippen LogP contribution is -2.45. The monoisotopic (exact) mass is 383 g/mol. The second-order valence-corrected chi connectivity index (χ2v) is 7.59. The number of nitrogens with two attached hydrogens (primary N) is 1. The lowest BCUT2D eigenvalue weighted by atomic mass is 9.87. The number of amides is 1. The molecule has 0 saturated heterocycles. The molecule has 1 aliphatic heterocycles. The Labute approximate surface area is 157 Å². The van der Waals surface area contributed by atoms with Gasteiger partial charge < -0.3 is 20.5 Å². The number of rotatable bonds is 3. The molecule has 0 spiro atoms. The fourth-order valence-corrected chi connectivity index (χ4v) is 2.97. The molecule has 0 saturated carbocycles. The van der Waals surface area contributed by atoms with Crippen LogP contribution in [0.3, 0.4) is 0 Å². The molecular formula is C17H22ClN3O3S. The Hall–Kier alpha value is -1.83. The molecular weight excluding hydrogens is 362 g/mol. The first-order valence-electron chi connectivity index (χ1n) is 7.76. The highest BCUT2D eigenvalue weighted by Crippen LogP contribution is 2.35. The second-order valence-electron chi connectivity index (χ2n) is 6.73. The third-order valence-corrected chi connectivity index (χ3v) is 4.55. The summed E-state index contributed by atoms with van der Waals surface area (Å²) in [5.74, 6) is 1.22. The van der Waals surface area contributed by atoms with Gasteiger partial charge in [-0.3, -0.25) is 4.79 Å². The molecule has 1 aliphatic rings. The SMILES string of the molecule is CC(C)(C)[C@H](N)C(=O)Nc1nc(-c2ccc3c(c2)OCCO3)cs1.Cl. The van der Waals surface area contributed by atoms with Gasteiger partial charge in [0.1, 0.15) is 13.2 Å². The van der Waals surface area contributed by atoms with Crippen LogP contribution in [0.2, 0.25) is 0 Å².